The number of Topliss-reactive ketones (excluding diaryl/α,β-unsaturated/α-hetero) is 1. The molecule has 0 saturated carbocycles. The summed E-state index contributed by atoms with van der Waals surface area (Å²) >= 11 is 0. The molecule has 1 amide bonds. The van der Waals surface area contributed by atoms with Crippen LogP contribution in [0.25, 0.3) is 0 Å². The number of ketones is 1. The summed E-state index contributed by atoms with van der Waals surface area (Å²) in [6, 6.07) is 0. The van der Waals surface area contributed by atoms with E-state index in [9.17, 15) is 9.59 Å². The molecule has 1 atom stereocenters. The van der Waals surface area contributed by atoms with Crippen molar-refractivity contribution in [3.63, 3.8) is 0 Å². The Morgan fingerprint density at radius 1 is 1.09 bits per heavy atom. The van der Waals surface area contributed by atoms with Crippen molar-refractivity contribution in [1.29, 1.82) is 0 Å². The Bertz CT molecular complexity index is 314. The monoisotopic (exact) mass is 386 g/mol. The van der Waals surface area contributed by atoms with Gasteiger partial charge in [-0.25, -0.2) is 0 Å². The van der Waals surface area contributed by atoms with Gasteiger partial charge in [0.2, 0.25) is 0 Å². The molecule has 0 saturated heterocycles. The van der Waals surface area contributed by atoms with E-state index < -0.39 is 0 Å². The van der Waals surface area contributed by atoms with Gasteiger partial charge in [-0.3, -0.25) is 4.79 Å². The van der Waals surface area contributed by atoms with Crippen molar-refractivity contribution in [2.75, 3.05) is 6.54 Å². The molecule has 0 heterocycles. The van der Waals surface area contributed by atoms with Gasteiger partial charge in [-0.2, -0.15) is 0 Å². The van der Waals surface area contributed by atoms with Gasteiger partial charge in [-0.05, 0) is 11.8 Å². The minimum atomic E-state index is -0.252. The number of hydrogen-bond donors (Lipinski definition) is 1. The molecule has 0 aromatic rings. The minimum absolute atomic E-state index is 0. The van der Waals surface area contributed by atoms with Gasteiger partial charge in [0.25, 0.3) is 0 Å². The summed E-state index contributed by atoms with van der Waals surface area (Å²) in [4.78, 5) is 22.2. The minimum Gasteiger partial charge on any atom is -0.358 e. The van der Waals surface area contributed by atoms with Crippen molar-refractivity contribution in [1.82, 2.24) is 5.32 Å². The summed E-state index contributed by atoms with van der Waals surface area (Å²) < 4.78 is 0. The van der Waals surface area contributed by atoms with Crippen LogP contribution in [-0.2, 0) is 42.3 Å². The summed E-state index contributed by atoms with van der Waals surface area (Å²) in [5, 5.41) is 2.68. The first-order valence-electron chi connectivity index (χ1n) is 7.78. The molecule has 0 fully saturated rings. The van der Waals surface area contributed by atoms with Crippen LogP contribution in [0.4, 0.5) is 0 Å². The van der Waals surface area contributed by atoms with Gasteiger partial charge >= 0.3 is 0 Å². The summed E-state index contributed by atoms with van der Waals surface area (Å²) in [7, 11) is 0. The average Bonchev–Trinajstić information content (AvgIpc) is 2.32. The van der Waals surface area contributed by atoms with Crippen LogP contribution in [0.5, 0.6) is 0 Å². The molecule has 22 heavy (non-hydrogen) atoms. The number of nitrogens with one attached hydrogen (secondary N) is 1. The smallest absolute Gasteiger partial charge is 0.189 e. The van der Waals surface area contributed by atoms with Gasteiger partial charge < -0.3 is 24.0 Å². The molecule has 0 aromatic carbocycles. The fourth-order valence-electron chi connectivity index (χ4n) is 1.80. The van der Waals surface area contributed by atoms with Crippen molar-refractivity contribution >= 4 is 11.7 Å². The van der Waals surface area contributed by atoms with Crippen LogP contribution >= 0.6 is 0 Å². The molecule has 0 spiro atoms. The Labute approximate surface area is 163 Å². The maximum atomic E-state index is 11.8. The van der Waals surface area contributed by atoms with Gasteiger partial charge in [0.15, 0.2) is 5.91 Å². The maximum absolute atomic E-state index is 11.8. The Kier molecular flexibility index (Phi) is 15.6. The third kappa shape index (κ3) is 16.6. The maximum Gasteiger partial charge on any atom is 0.189 e. The van der Waals surface area contributed by atoms with Gasteiger partial charge in [-0.15, -0.1) is 12.3 Å². The first kappa shape index (κ1) is 27.1. The van der Waals surface area contributed by atoms with Crippen molar-refractivity contribution in [3.05, 3.63) is 13.8 Å². The number of carbonyl (C=O) groups excluding carboxylic acids is 2. The number of carbonyl (C=O) groups is 2. The fraction of sp³-hybridized carbons (Fsp3) is 0.778. The number of hydrogen-bond acceptors (Lipinski definition) is 2. The van der Waals surface area contributed by atoms with Gasteiger partial charge in [0.1, 0.15) is 5.78 Å². The number of amides is 1. The van der Waals surface area contributed by atoms with E-state index in [1.54, 1.807) is 0 Å². The molecule has 0 bridgehead atoms. The molecule has 4 heteroatoms. The van der Waals surface area contributed by atoms with Gasteiger partial charge in [0.05, 0.1) is 0 Å². The van der Waals surface area contributed by atoms with E-state index in [0.717, 1.165) is 19.4 Å². The molecule has 3 nitrogen and oxygen atoms in total. The van der Waals surface area contributed by atoms with E-state index in [4.69, 9.17) is 0 Å². The Hall–Kier alpha value is 0.244. The second-order valence-electron chi connectivity index (χ2n) is 7.68. The Morgan fingerprint density at radius 3 is 1.82 bits per heavy atom. The first-order valence-corrected chi connectivity index (χ1v) is 7.78. The van der Waals surface area contributed by atoms with E-state index in [1.165, 1.54) is 0 Å². The third-order valence-electron chi connectivity index (χ3n) is 2.77. The second kappa shape index (κ2) is 12.6. The van der Waals surface area contributed by atoms with Crippen molar-refractivity contribution in [2.45, 2.75) is 67.7 Å². The Balaban J connectivity index is -0.000000348. The van der Waals surface area contributed by atoms with Crippen LogP contribution in [0.1, 0.15) is 67.7 Å². The van der Waals surface area contributed by atoms with Crippen LogP contribution < -0.4 is 5.32 Å². The summed E-state index contributed by atoms with van der Waals surface area (Å²) in [6.07, 6.45) is 2.20. The molecule has 0 aliphatic carbocycles. The van der Waals surface area contributed by atoms with E-state index in [-0.39, 0.29) is 61.1 Å². The van der Waals surface area contributed by atoms with Crippen LogP contribution in [0.2, 0.25) is 0 Å². The largest absolute Gasteiger partial charge is 0.358 e. The van der Waals surface area contributed by atoms with Gasteiger partial charge in [-0.1, -0.05) is 54.9 Å². The zero-order valence-corrected chi connectivity index (χ0v) is 18.6. The predicted molar refractivity (Wildman–Crippen MR) is 90.7 cm³/mol. The standard InChI is InChI=1S/C12H23O.C6H12NO.Y/c1-9(8-11(2,3)4)10(13)12(5,6)7;1-3-5-7-6(8)4-2;/h9H,1,8H2,2-7H3;2-5H2,1H3,(H,7,8);/q2*-1;. The molecule has 1 radical (unpaired) electrons. The molecule has 0 rings (SSSR count). The first-order chi connectivity index (χ1) is 9.35. The number of rotatable bonds is 5. The second-order valence-corrected chi connectivity index (χ2v) is 7.68. The van der Waals surface area contributed by atoms with Crippen LogP contribution in [0, 0.1) is 30.6 Å². The van der Waals surface area contributed by atoms with E-state index in [0.29, 0.717) is 6.42 Å². The fourth-order valence-corrected chi connectivity index (χ4v) is 1.80. The topological polar surface area (TPSA) is 46.2 Å². The van der Waals surface area contributed by atoms with Crippen LogP contribution in [0.15, 0.2) is 0 Å². The van der Waals surface area contributed by atoms with Crippen LogP contribution in [0.3, 0.4) is 0 Å². The zero-order chi connectivity index (χ0) is 17.3. The average molecular weight is 386 g/mol. The zero-order valence-electron chi connectivity index (χ0n) is 15.7. The normalized spacial score (nSPS) is 12.4. The Morgan fingerprint density at radius 2 is 1.55 bits per heavy atom. The molecule has 129 valence electrons. The van der Waals surface area contributed by atoms with Crippen molar-refractivity contribution in [3.8, 4) is 0 Å². The molecule has 0 aliphatic rings. The molecule has 1 unspecified atom stereocenters. The van der Waals surface area contributed by atoms with Gasteiger partial charge in [0, 0.05) is 44.7 Å². The molecular formula is C18H35NO2Y-2. The quantitative estimate of drug-likeness (QED) is 0.719. The summed E-state index contributed by atoms with van der Waals surface area (Å²) in [5.74, 6) is 0.231. The molecule has 0 aliphatic heterocycles. The predicted octanol–water partition coefficient (Wildman–Crippen LogP) is 4.22. The van der Waals surface area contributed by atoms with Crippen molar-refractivity contribution < 1.29 is 42.3 Å². The van der Waals surface area contributed by atoms with E-state index >= 15 is 0 Å². The SMILES string of the molecule is [CH2-]C(CC(C)(C)C)C(=O)C(C)(C)C.[CH2-]CC(=O)NCCC.[Y]. The summed E-state index contributed by atoms with van der Waals surface area (Å²) in [6.45, 7) is 22.4. The summed E-state index contributed by atoms with van der Waals surface area (Å²) in [5.41, 5.74) is -0.0645. The van der Waals surface area contributed by atoms with Crippen molar-refractivity contribution in [2.24, 2.45) is 16.7 Å². The molecule has 0 aromatic heterocycles. The molecular weight excluding hydrogens is 351 g/mol. The van der Waals surface area contributed by atoms with E-state index in [2.05, 4.69) is 39.9 Å². The third-order valence-corrected chi connectivity index (χ3v) is 2.77. The van der Waals surface area contributed by atoms with E-state index in [1.807, 2.05) is 27.7 Å². The molecule has 1 N–H and O–H groups in total. The van der Waals surface area contributed by atoms with Crippen LogP contribution in [-0.4, -0.2) is 18.2 Å².